The molecule has 0 bridgehead atoms. The van der Waals surface area contributed by atoms with E-state index in [0.717, 1.165) is 19.0 Å². The summed E-state index contributed by atoms with van der Waals surface area (Å²) in [7, 11) is 0. The van der Waals surface area contributed by atoms with E-state index in [0.29, 0.717) is 0 Å². The van der Waals surface area contributed by atoms with Gasteiger partial charge in [-0.3, -0.25) is 0 Å². The van der Waals surface area contributed by atoms with Crippen LogP contribution in [0.3, 0.4) is 0 Å². The van der Waals surface area contributed by atoms with Crippen LogP contribution in [0.25, 0.3) is 0 Å². The van der Waals surface area contributed by atoms with Gasteiger partial charge in [-0.1, -0.05) is 36.2 Å². The van der Waals surface area contributed by atoms with Gasteiger partial charge in [0.25, 0.3) is 0 Å². The lowest BCUT2D eigenvalue weighted by Crippen LogP contribution is -2.37. The van der Waals surface area contributed by atoms with Crippen LogP contribution in [0.2, 0.25) is 0 Å². The molecule has 1 aliphatic heterocycles. The smallest absolute Gasteiger partial charge is 0.0206 e. The Kier molecular flexibility index (Phi) is 5.41. The molecule has 1 aromatic rings. The molecule has 0 atom stereocenters. The van der Waals surface area contributed by atoms with Gasteiger partial charge in [0.2, 0.25) is 0 Å². The quantitative estimate of drug-likeness (QED) is 0.818. The zero-order valence-electron chi connectivity index (χ0n) is 12.7. The number of nitrogens with one attached hydrogen (secondary N) is 1. The number of likely N-dealkylation sites (tertiary alicyclic amines) is 1. The fraction of sp³-hybridized carbons (Fsp3) is 0.647. The summed E-state index contributed by atoms with van der Waals surface area (Å²) in [6.45, 7) is 12.6. The van der Waals surface area contributed by atoms with E-state index in [4.69, 9.17) is 0 Å². The molecular formula is C17H28N2. The van der Waals surface area contributed by atoms with E-state index in [1.807, 2.05) is 0 Å². The van der Waals surface area contributed by atoms with Gasteiger partial charge < -0.3 is 10.2 Å². The predicted octanol–water partition coefficient (Wildman–Crippen LogP) is 3.12. The molecule has 0 saturated carbocycles. The minimum Gasteiger partial charge on any atom is -0.311 e. The molecule has 1 fully saturated rings. The van der Waals surface area contributed by atoms with E-state index in [9.17, 15) is 0 Å². The summed E-state index contributed by atoms with van der Waals surface area (Å²) in [5.41, 5.74) is 4.13. The van der Waals surface area contributed by atoms with Crippen LogP contribution in [-0.4, -0.2) is 31.1 Å². The Hall–Kier alpha value is -0.860. The highest BCUT2D eigenvalue weighted by Crippen LogP contribution is 2.15. The molecular weight excluding hydrogens is 232 g/mol. The number of piperidine rings is 1. The summed E-state index contributed by atoms with van der Waals surface area (Å²) in [4.78, 5) is 2.59. The summed E-state index contributed by atoms with van der Waals surface area (Å²) in [5.74, 6) is 0.930. The maximum atomic E-state index is 3.57. The lowest BCUT2D eigenvalue weighted by atomic mass is 9.99. The van der Waals surface area contributed by atoms with Crippen LogP contribution in [0, 0.1) is 19.8 Å². The summed E-state index contributed by atoms with van der Waals surface area (Å²) < 4.78 is 0. The number of aryl methyl sites for hydroxylation is 2. The fourth-order valence-electron chi connectivity index (χ4n) is 2.93. The van der Waals surface area contributed by atoms with E-state index < -0.39 is 0 Å². The summed E-state index contributed by atoms with van der Waals surface area (Å²) >= 11 is 0. The fourth-order valence-corrected chi connectivity index (χ4v) is 2.93. The van der Waals surface area contributed by atoms with Crippen LogP contribution < -0.4 is 5.32 Å². The van der Waals surface area contributed by atoms with Crippen LogP contribution in [0.5, 0.6) is 0 Å². The molecule has 1 aromatic carbocycles. The standard InChI is InChI=1S/C17H28N2/c1-14-4-7-19(8-5-14)9-6-18-13-17-11-15(2)10-16(3)12-17/h10-12,14,18H,4-9,13H2,1-3H3. The largest absolute Gasteiger partial charge is 0.311 e. The molecule has 2 heteroatoms. The highest BCUT2D eigenvalue weighted by atomic mass is 15.1. The Balaban J connectivity index is 1.66. The van der Waals surface area contributed by atoms with E-state index >= 15 is 0 Å². The Morgan fingerprint density at radius 2 is 1.74 bits per heavy atom. The Labute approximate surface area is 118 Å². The van der Waals surface area contributed by atoms with Crippen LogP contribution in [0.4, 0.5) is 0 Å². The molecule has 0 amide bonds. The van der Waals surface area contributed by atoms with Crippen molar-refractivity contribution in [3.63, 3.8) is 0 Å². The number of benzene rings is 1. The third-order valence-electron chi connectivity index (χ3n) is 4.09. The van der Waals surface area contributed by atoms with Crippen LogP contribution in [-0.2, 0) is 6.54 Å². The molecule has 2 rings (SSSR count). The average Bonchev–Trinajstić information content (AvgIpc) is 2.36. The molecule has 0 aliphatic carbocycles. The third-order valence-corrected chi connectivity index (χ3v) is 4.09. The van der Waals surface area contributed by atoms with Crippen molar-refractivity contribution in [3.05, 3.63) is 34.9 Å². The maximum Gasteiger partial charge on any atom is 0.0206 e. The third kappa shape index (κ3) is 4.96. The highest BCUT2D eigenvalue weighted by Gasteiger charge is 2.14. The molecule has 0 aromatic heterocycles. The second kappa shape index (κ2) is 7.06. The van der Waals surface area contributed by atoms with Crippen LogP contribution in [0.15, 0.2) is 18.2 Å². The van der Waals surface area contributed by atoms with E-state index in [1.54, 1.807) is 0 Å². The summed E-state index contributed by atoms with van der Waals surface area (Å²) in [6.07, 6.45) is 2.74. The first-order chi connectivity index (χ1) is 9.13. The predicted molar refractivity (Wildman–Crippen MR) is 82.5 cm³/mol. The maximum absolute atomic E-state index is 3.57. The Morgan fingerprint density at radius 1 is 1.11 bits per heavy atom. The van der Waals surface area contributed by atoms with Crippen molar-refractivity contribution in [3.8, 4) is 0 Å². The average molecular weight is 260 g/mol. The van der Waals surface area contributed by atoms with Crippen LogP contribution in [0.1, 0.15) is 36.5 Å². The number of hydrogen-bond acceptors (Lipinski definition) is 2. The lowest BCUT2D eigenvalue weighted by molar-refractivity contribution is 0.193. The van der Waals surface area contributed by atoms with Crippen molar-refractivity contribution < 1.29 is 0 Å². The molecule has 106 valence electrons. The Morgan fingerprint density at radius 3 is 2.37 bits per heavy atom. The normalized spacial score (nSPS) is 17.8. The molecule has 1 N–H and O–H groups in total. The Bertz CT molecular complexity index is 372. The first-order valence-electron chi connectivity index (χ1n) is 7.64. The first-order valence-corrected chi connectivity index (χ1v) is 7.64. The number of nitrogens with zero attached hydrogens (tertiary/aromatic N) is 1. The van der Waals surface area contributed by atoms with E-state index in [-0.39, 0.29) is 0 Å². The van der Waals surface area contributed by atoms with Crippen LogP contribution >= 0.6 is 0 Å². The molecule has 0 radical (unpaired) electrons. The van der Waals surface area contributed by atoms with E-state index in [1.165, 1.54) is 49.2 Å². The zero-order chi connectivity index (χ0) is 13.7. The number of hydrogen-bond donors (Lipinski definition) is 1. The molecule has 0 spiro atoms. The second-order valence-electron chi connectivity index (χ2n) is 6.20. The van der Waals surface area contributed by atoms with Gasteiger partial charge in [0.1, 0.15) is 0 Å². The molecule has 1 saturated heterocycles. The highest BCUT2D eigenvalue weighted by molar-refractivity contribution is 5.28. The van der Waals surface area contributed by atoms with E-state index in [2.05, 4.69) is 49.2 Å². The summed E-state index contributed by atoms with van der Waals surface area (Å²) in [5, 5.41) is 3.57. The van der Waals surface area contributed by atoms with Gasteiger partial charge in [-0.25, -0.2) is 0 Å². The van der Waals surface area contributed by atoms with Gasteiger partial charge >= 0.3 is 0 Å². The molecule has 2 nitrogen and oxygen atoms in total. The van der Waals surface area contributed by atoms with Gasteiger partial charge in [0, 0.05) is 19.6 Å². The minimum atomic E-state index is 0.930. The van der Waals surface area contributed by atoms with Gasteiger partial charge in [0.05, 0.1) is 0 Å². The SMILES string of the molecule is Cc1cc(C)cc(CNCCN2CCC(C)CC2)c1. The van der Waals surface area contributed by atoms with Crippen molar-refractivity contribution in [2.24, 2.45) is 5.92 Å². The van der Waals surface area contributed by atoms with Crippen molar-refractivity contribution in [2.75, 3.05) is 26.2 Å². The van der Waals surface area contributed by atoms with Crippen molar-refractivity contribution >= 4 is 0 Å². The number of rotatable bonds is 5. The lowest BCUT2D eigenvalue weighted by Gasteiger charge is -2.30. The van der Waals surface area contributed by atoms with Crippen molar-refractivity contribution in [1.82, 2.24) is 10.2 Å². The monoisotopic (exact) mass is 260 g/mol. The second-order valence-corrected chi connectivity index (χ2v) is 6.20. The minimum absolute atomic E-state index is 0.930. The van der Waals surface area contributed by atoms with Crippen molar-refractivity contribution in [2.45, 2.75) is 40.2 Å². The van der Waals surface area contributed by atoms with Crippen molar-refractivity contribution in [1.29, 1.82) is 0 Å². The molecule has 0 unspecified atom stereocenters. The molecule has 19 heavy (non-hydrogen) atoms. The van der Waals surface area contributed by atoms with Gasteiger partial charge in [0.15, 0.2) is 0 Å². The molecule has 1 heterocycles. The van der Waals surface area contributed by atoms with Gasteiger partial charge in [-0.15, -0.1) is 0 Å². The summed E-state index contributed by atoms with van der Waals surface area (Å²) in [6, 6.07) is 6.80. The zero-order valence-corrected chi connectivity index (χ0v) is 12.7. The topological polar surface area (TPSA) is 15.3 Å². The first kappa shape index (κ1) is 14.5. The molecule has 1 aliphatic rings. The van der Waals surface area contributed by atoms with Gasteiger partial charge in [-0.2, -0.15) is 0 Å². The van der Waals surface area contributed by atoms with Gasteiger partial charge in [-0.05, 0) is 51.3 Å².